The molecule has 0 unspecified atom stereocenters. The minimum Gasteiger partial charge on any atom is -0.493 e. The summed E-state index contributed by atoms with van der Waals surface area (Å²) in [5.41, 5.74) is -0.311. The monoisotopic (exact) mass is 440 g/mol. The number of ether oxygens (including phenoxy) is 4. The van der Waals surface area contributed by atoms with Gasteiger partial charge in [0.15, 0.2) is 11.5 Å². The average molecular weight is 440 g/mol. The lowest BCUT2D eigenvalue weighted by Gasteiger charge is -2.23. The average Bonchev–Trinajstić information content (AvgIpc) is 3.56. The Bertz CT molecular complexity index is 1060. The van der Waals surface area contributed by atoms with Crippen molar-refractivity contribution < 1.29 is 33.0 Å². The van der Waals surface area contributed by atoms with Crippen molar-refractivity contribution in [2.45, 2.75) is 18.2 Å². The molecule has 0 aliphatic carbocycles. The summed E-state index contributed by atoms with van der Waals surface area (Å²) in [6.07, 6.45) is 4.92. The first kappa shape index (κ1) is 20.4. The molecule has 1 aromatic heterocycles. The second kappa shape index (κ2) is 7.59. The maximum atomic E-state index is 13.3. The van der Waals surface area contributed by atoms with Crippen LogP contribution in [0.1, 0.15) is 5.76 Å². The van der Waals surface area contributed by atoms with Crippen molar-refractivity contribution in [1.29, 1.82) is 0 Å². The van der Waals surface area contributed by atoms with Gasteiger partial charge in [-0.15, -0.1) is 0 Å². The van der Waals surface area contributed by atoms with Crippen molar-refractivity contribution in [3.8, 4) is 17.2 Å². The topological polar surface area (TPSA) is 99.5 Å². The van der Waals surface area contributed by atoms with Crippen molar-refractivity contribution in [1.82, 2.24) is 4.90 Å². The number of carbonyl (C=O) groups excluding carboxylic acids is 2. The highest BCUT2D eigenvalue weighted by molar-refractivity contribution is 5.99. The molecule has 5 rings (SSSR count). The van der Waals surface area contributed by atoms with Crippen LogP contribution < -0.4 is 19.5 Å². The molecular formula is C23H24N2O7. The first-order valence-electron chi connectivity index (χ1n) is 10.3. The number of rotatable bonds is 7. The van der Waals surface area contributed by atoms with E-state index in [2.05, 4.69) is 5.32 Å². The molecule has 1 aromatic carbocycles. The third kappa shape index (κ3) is 3.03. The number of methoxy groups -OCH3 is 3. The number of nitrogens with zero attached hydrogens (tertiary/aromatic N) is 1. The van der Waals surface area contributed by atoms with Crippen LogP contribution in [0.5, 0.6) is 17.2 Å². The van der Waals surface area contributed by atoms with E-state index in [1.807, 2.05) is 18.2 Å². The lowest BCUT2D eigenvalue weighted by Crippen LogP contribution is -2.41. The van der Waals surface area contributed by atoms with Crippen molar-refractivity contribution in [2.75, 3.05) is 33.2 Å². The number of furan rings is 1. The van der Waals surface area contributed by atoms with Crippen LogP contribution in [0.3, 0.4) is 0 Å². The van der Waals surface area contributed by atoms with Crippen molar-refractivity contribution in [3.63, 3.8) is 0 Å². The van der Waals surface area contributed by atoms with Crippen molar-refractivity contribution in [3.05, 3.63) is 48.4 Å². The molecule has 9 nitrogen and oxygen atoms in total. The van der Waals surface area contributed by atoms with E-state index < -0.39 is 23.5 Å². The molecule has 1 spiro atoms. The SMILES string of the molecule is COc1cc(NC(=O)[C@H]2[C@H]3C(=O)N(Cc4ccco4)C[C@]34C=C[C@H]2O4)cc(OC)c1OC. The highest BCUT2D eigenvalue weighted by Crippen LogP contribution is 2.52. The van der Waals surface area contributed by atoms with Crippen LogP contribution in [-0.4, -0.2) is 56.3 Å². The molecule has 3 aliphatic rings. The summed E-state index contributed by atoms with van der Waals surface area (Å²) < 4.78 is 27.6. The van der Waals surface area contributed by atoms with E-state index in [4.69, 9.17) is 23.4 Å². The van der Waals surface area contributed by atoms with Crippen LogP contribution in [0.4, 0.5) is 5.69 Å². The van der Waals surface area contributed by atoms with Crippen molar-refractivity contribution >= 4 is 17.5 Å². The number of benzene rings is 1. The first-order valence-corrected chi connectivity index (χ1v) is 10.3. The summed E-state index contributed by atoms with van der Waals surface area (Å²) >= 11 is 0. The second-order valence-electron chi connectivity index (χ2n) is 8.08. The molecule has 0 radical (unpaired) electrons. The van der Waals surface area contributed by atoms with E-state index >= 15 is 0 Å². The van der Waals surface area contributed by atoms with Gasteiger partial charge in [-0.25, -0.2) is 0 Å². The maximum Gasteiger partial charge on any atom is 0.231 e. The summed E-state index contributed by atoms with van der Waals surface area (Å²) in [6, 6.07) is 6.91. The molecule has 0 saturated carbocycles. The Labute approximate surface area is 184 Å². The predicted octanol–water partition coefficient (Wildman–Crippen LogP) is 2.23. The Morgan fingerprint density at radius 1 is 1.22 bits per heavy atom. The molecule has 9 heteroatoms. The van der Waals surface area contributed by atoms with Gasteiger partial charge < -0.3 is 33.6 Å². The fourth-order valence-corrected chi connectivity index (χ4v) is 4.98. The molecule has 4 heterocycles. The maximum absolute atomic E-state index is 13.3. The Morgan fingerprint density at radius 3 is 2.59 bits per heavy atom. The van der Waals surface area contributed by atoms with Gasteiger partial charge in [0.25, 0.3) is 0 Å². The zero-order chi connectivity index (χ0) is 22.5. The Kier molecular flexibility index (Phi) is 4.85. The molecule has 1 N–H and O–H groups in total. The van der Waals surface area contributed by atoms with Gasteiger partial charge >= 0.3 is 0 Å². The van der Waals surface area contributed by atoms with Crippen LogP contribution in [-0.2, 0) is 20.9 Å². The first-order chi connectivity index (χ1) is 15.5. The van der Waals surface area contributed by atoms with E-state index in [1.54, 1.807) is 29.4 Å². The number of hydrogen-bond acceptors (Lipinski definition) is 7. The molecular weight excluding hydrogens is 416 g/mol. The summed E-state index contributed by atoms with van der Waals surface area (Å²) in [4.78, 5) is 28.3. The van der Waals surface area contributed by atoms with Crippen LogP contribution in [0.25, 0.3) is 0 Å². The summed E-state index contributed by atoms with van der Waals surface area (Å²) in [5, 5.41) is 2.90. The molecule has 2 fully saturated rings. The molecule has 168 valence electrons. The number of amides is 2. The molecule has 2 bridgehead atoms. The Morgan fingerprint density at radius 2 is 1.97 bits per heavy atom. The highest BCUT2D eigenvalue weighted by Gasteiger charge is 2.66. The zero-order valence-electron chi connectivity index (χ0n) is 18.0. The minimum atomic E-state index is -0.786. The fraction of sp³-hybridized carbons (Fsp3) is 0.391. The molecule has 32 heavy (non-hydrogen) atoms. The number of fused-ring (bicyclic) bond motifs is 1. The van der Waals surface area contributed by atoms with Gasteiger partial charge in [0, 0.05) is 17.8 Å². The summed E-state index contributed by atoms with van der Waals surface area (Å²) in [5.74, 6) is 0.313. The van der Waals surface area contributed by atoms with Gasteiger partial charge in [0.2, 0.25) is 17.6 Å². The molecule has 2 amide bonds. The number of carbonyl (C=O) groups is 2. The lowest BCUT2D eigenvalue weighted by molar-refractivity contribution is -0.136. The third-order valence-corrected chi connectivity index (χ3v) is 6.34. The molecule has 3 aliphatic heterocycles. The number of nitrogens with one attached hydrogen (secondary N) is 1. The number of hydrogen-bond donors (Lipinski definition) is 1. The van der Waals surface area contributed by atoms with Crippen molar-refractivity contribution in [2.24, 2.45) is 11.8 Å². The fourth-order valence-electron chi connectivity index (χ4n) is 4.98. The van der Waals surface area contributed by atoms with Gasteiger partial charge in [-0.05, 0) is 12.1 Å². The van der Waals surface area contributed by atoms with Crippen LogP contribution in [0.15, 0.2) is 47.1 Å². The molecule has 2 aromatic rings. The van der Waals surface area contributed by atoms with Gasteiger partial charge in [0.1, 0.15) is 11.4 Å². The lowest BCUT2D eigenvalue weighted by atomic mass is 9.77. The van der Waals surface area contributed by atoms with E-state index in [9.17, 15) is 9.59 Å². The highest BCUT2D eigenvalue weighted by atomic mass is 16.5. The Hall–Kier alpha value is -3.46. The standard InChI is InChI=1S/C23H24N2O7/c1-28-16-9-13(10-17(29-2)20(16)30-3)24-21(26)18-15-6-7-23(32-15)12-25(22(27)19(18)23)11-14-5-4-8-31-14/h4-10,15,18-19H,11-12H2,1-3H3,(H,24,26)/t15-,18-,19+,23-/m1/s1. The molecule has 2 saturated heterocycles. The Balaban J connectivity index is 1.39. The minimum absolute atomic E-state index is 0.113. The third-order valence-electron chi connectivity index (χ3n) is 6.34. The predicted molar refractivity (Wildman–Crippen MR) is 113 cm³/mol. The smallest absolute Gasteiger partial charge is 0.231 e. The zero-order valence-corrected chi connectivity index (χ0v) is 18.0. The van der Waals surface area contributed by atoms with E-state index in [0.717, 1.165) is 0 Å². The number of anilines is 1. The van der Waals surface area contributed by atoms with E-state index in [0.29, 0.717) is 41.8 Å². The summed E-state index contributed by atoms with van der Waals surface area (Å²) in [7, 11) is 4.52. The van der Waals surface area contributed by atoms with Crippen LogP contribution in [0, 0.1) is 11.8 Å². The van der Waals surface area contributed by atoms with E-state index in [1.165, 1.54) is 21.3 Å². The van der Waals surface area contributed by atoms with Gasteiger partial charge in [-0.2, -0.15) is 0 Å². The van der Waals surface area contributed by atoms with E-state index in [-0.39, 0.29) is 11.8 Å². The molecule has 4 atom stereocenters. The quantitative estimate of drug-likeness (QED) is 0.659. The van der Waals surface area contributed by atoms with Crippen LogP contribution in [0.2, 0.25) is 0 Å². The number of likely N-dealkylation sites (tertiary alicyclic amines) is 1. The normalized spacial score (nSPS) is 27.5. The second-order valence-corrected chi connectivity index (χ2v) is 8.08. The summed E-state index contributed by atoms with van der Waals surface area (Å²) in [6.45, 7) is 0.728. The van der Waals surface area contributed by atoms with Gasteiger partial charge in [-0.3, -0.25) is 9.59 Å². The van der Waals surface area contributed by atoms with Crippen LogP contribution >= 0.6 is 0 Å². The largest absolute Gasteiger partial charge is 0.493 e. The van der Waals surface area contributed by atoms with Gasteiger partial charge in [0.05, 0.1) is 58.6 Å². The van der Waals surface area contributed by atoms with Gasteiger partial charge in [-0.1, -0.05) is 12.2 Å².